The predicted octanol–water partition coefficient (Wildman–Crippen LogP) is 0.629. The second-order valence-corrected chi connectivity index (χ2v) is 10.4. The lowest BCUT2D eigenvalue weighted by molar-refractivity contribution is -0.0852. The Hall–Kier alpha value is -1.26. The van der Waals surface area contributed by atoms with Gasteiger partial charge in [0.25, 0.3) is 0 Å². The quantitative estimate of drug-likeness (QED) is 0.660. The van der Waals surface area contributed by atoms with Gasteiger partial charge in [0.05, 0.1) is 38.5 Å². The highest BCUT2D eigenvalue weighted by Crippen LogP contribution is 2.37. The standard InChI is InChI=1S/C21H30ClN7O2/c22-19-23-20(26-5-13-1-2-14(6-26)28(13)17-9-30-10-17)25-21(24-19)27-7-15-3-4-16(8-27)29(15)18-11-31-12-18/h13-18H,1-12H2. The highest BCUT2D eigenvalue weighted by Gasteiger charge is 2.47. The lowest BCUT2D eigenvalue weighted by Crippen LogP contribution is -2.62. The van der Waals surface area contributed by atoms with Gasteiger partial charge in [0.2, 0.25) is 17.2 Å². The molecule has 9 nitrogen and oxygen atoms in total. The summed E-state index contributed by atoms with van der Waals surface area (Å²) in [6, 6.07) is 3.47. The second kappa shape index (κ2) is 7.38. The van der Waals surface area contributed by atoms with Crippen molar-refractivity contribution in [2.75, 3.05) is 62.4 Å². The van der Waals surface area contributed by atoms with Crippen LogP contribution in [0.4, 0.5) is 11.9 Å². The number of rotatable bonds is 4. The SMILES string of the molecule is Clc1nc(N2CC3CCC(C2)N3C2COC2)nc(N2CC3CCC(C2)N3C2COC2)n1. The fraction of sp³-hybridized carbons (Fsp3) is 0.857. The molecule has 1 aromatic heterocycles. The molecule has 0 saturated carbocycles. The molecule has 0 amide bonds. The minimum Gasteiger partial charge on any atom is -0.378 e. The topological polar surface area (TPSA) is 70.1 Å². The molecule has 1 aromatic rings. The van der Waals surface area contributed by atoms with Crippen LogP contribution in [-0.2, 0) is 9.47 Å². The van der Waals surface area contributed by atoms with Crippen molar-refractivity contribution in [2.24, 2.45) is 0 Å². The van der Waals surface area contributed by atoms with Gasteiger partial charge in [-0.1, -0.05) is 0 Å². The summed E-state index contributed by atoms with van der Waals surface area (Å²) in [4.78, 5) is 24.1. The summed E-state index contributed by atoms with van der Waals surface area (Å²) in [6.07, 6.45) is 5.00. The summed E-state index contributed by atoms with van der Waals surface area (Å²) < 4.78 is 10.9. The van der Waals surface area contributed by atoms with Gasteiger partial charge in [-0.15, -0.1) is 0 Å². The molecule has 10 heteroatoms. The Bertz CT molecular complexity index is 761. The van der Waals surface area contributed by atoms with Crippen molar-refractivity contribution in [1.82, 2.24) is 24.8 Å². The zero-order chi connectivity index (χ0) is 20.5. The van der Waals surface area contributed by atoms with E-state index in [9.17, 15) is 0 Å². The van der Waals surface area contributed by atoms with E-state index in [1.807, 2.05) is 0 Å². The summed E-state index contributed by atoms with van der Waals surface area (Å²) >= 11 is 6.42. The van der Waals surface area contributed by atoms with E-state index in [1.165, 1.54) is 25.7 Å². The van der Waals surface area contributed by atoms with Gasteiger partial charge in [0.1, 0.15) is 0 Å². The molecule has 31 heavy (non-hydrogen) atoms. The molecule has 0 radical (unpaired) electrons. The summed E-state index contributed by atoms with van der Waals surface area (Å²) in [5, 5.41) is 0.310. The molecule has 7 heterocycles. The van der Waals surface area contributed by atoms with Crippen molar-refractivity contribution < 1.29 is 9.47 Å². The van der Waals surface area contributed by atoms with E-state index >= 15 is 0 Å². The van der Waals surface area contributed by atoms with Crippen LogP contribution >= 0.6 is 11.6 Å². The number of hydrogen-bond donors (Lipinski definition) is 0. The Labute approximate surface area is 187 Å². The molecule has 7 rings (SSSR count). The fourth-order valence-electron chi connectivity index (χ4n) is 6.79. The van der Waals surface area contributed by atoms with Gasteiger partial charge >= 0.3 is 0 Å². The van der Waals surface area contributed by atoms with Crippen LogP contribution in [0, 0.1) is 0 Å². The van der Waals surface area contributed by atoms with E-state index in [0.29, 0.717) is 41.5 Å². The number of anilines is 2. The highest BCUT2D eigenvalue weighted by atomic mass is 35.5. The number of ether oxygens (including phenoxy) is 2. The number of fused-ring (bicyclic) bond motifs is 4. The van der Waals surface area contributed by atoms with E-state index < -0.39 is 0 Å². The summed E-state index contributed by atoms with van der Waals surface area (Å²) in [5.74, 6) is 1.50. The highest BCUT2D eigenvalue weighted by molar-refractivity contribution is 6.28. The maximum absolute atomic E-state index is 6.42. The van der Waals surface area contributed by atoms with Crippen molar-refractivity contribution in [3.05, 3.63) is 5.28 Å². The molecule has 6 saturated heterocycles. The second-order valence-electron chi connectivity index (χ2n) is 10.1. The molecule has 6 fully saturated rings. The van der Waals surface area contributed by atoms with E-state index in [1.54, 1.807) is 0 Å². The maximum Gasteiger partial charge on any atom is 0.231 e. The fourth-order valence-corrected chi connectivity index (χ4v) is 6.94. The predicted molar refractivity (Wildman–Crippen MR) is 116 cm³/mol. The van der Waals surface area contributed by atoms with Crippen LogP contribution in [0.25, 0.3) is 0 Å². The number of hydrogen-bond acceptors (Lipinski definition) is 9. The molecule has 0 aromatic carbocycles. The van der Waals surface area contributed by atoms with Gasteiger partial charge in [0.15, 0.2) is 0 Å². The molecule has 4 unspecified atom stereocenters. The minimum atomic E-state index is 0.310. The number of piperazine rings is 2. The molecule has 0 aliphatic carbocycles. The normalized spacial score (nSPS) is 36.7. The van der Waals surface area contributed by atoms with Gasteiger partial charge in [-0.2, -0.15) is 15.0 Å². The lowest BCUT2D eigenvalue weighted by atomic mass is 10.1. The third-order valence-electron chi connectivity index (χ3n) is 8.31. The largest absolute Gasteiger partial charge is 0.378 e. The first kappa shape index (κ1) is 19.2. The van der Waals surface area contributed by atoms with E-state index in [2.05, 4.69) is 29.6 Å². The molecule has 0 spiro atoms. The van der Waals surface area contributed by atoms with Crippen LogP contribution in [0.1, 0.15) is 25.7 Å². The van der Waals surface area contributed by atoms with Gasteiger partial charge in [-0.3, -0.25) is 9.80 Å². The molecule has 0 N–H and O–H groups in total. The average molecular weight is 448 g/mol. The zero-order valence-corrected chi connectivity index (χ0v) is 18.5. The Morgan fingerprint density at radius 1 is 0.581 bits per heavy atom. The lowest BCUT2D eigenvalue weighted by Gasteiger charge is -2.48. The van der Waals surface area contributed by atoms with Gasteiger partial charge in [-0.25, -0.2) is 0 Å². The molecular formula is C21H30ClN7O2. The average Bonchev–Trinajstić information content (AvgIpc) is 3.06. The van der Waals surface area contributed by atoms with Gasteiger partial charge in [0, 0.05) is 50.3 Å². The van der Waals surface area contributed by atoms with Crippen LogP contribution in [-0.4, -0.2) is 114 Å². The van der Waals surface area contributed by atoms with E-state index in [4.69, 9.17) is 26.1 Å². The summed E-state index contributed by atoms with van der Waals surface area (Å²) in [7, 11) is 0. The van der Waals surface area contributed by atoms with Gasteiger partial charge < -0.3 is 19.3 Å². The monoisotopic (exact) mass is 447 g/mol. The van der Waals surface area contributed by atoms with Crippen molar-refractivity contribution >= 4 is 23.5 Å². The molecule has 4 bridgehead atoms. The Kier molecular flexibility index (Phi) is 4.58. The van der Waals surface area contributed by atoms with Crippen LogP contribution in [0.15, 0.2) is 0 Å². The zero-order valence-electron chi connectivity index (χ0n) is 17.8. The minimum absolute atomic E-state index is 0.310. The first-order valence-electron chi connectivity index (χ1n) is 11.8. The smallest absolute Gasteiger partial charge is 0.231 e. The third-order valence-corrected chi connectivity index (χ3v) is 8.48. The Morgan fingerprint density at radius 2 is 0.968 bits per heavy atom. The molecule has 168 valence electrons. The van der Waals surface area contributed by atoms with Crippen LogP contribution in [0.3, 0.4) is 0 Å². The molecule has 6 aliphatic rings. The maximum atomic E-state index is 6.42. The third kappa shape index (κ3) is 3.15. The number of halogens is 1. The van der Waals surface area contributed by atoms with Crippen molar-refractivity contribution in [1.29, 1.82) is 0 Å². The molecule has 4 atom stereocenters. The van der Waals surface area contributed by atoms with E-state index in [-0.39, 0.29) is 0 Å². The van der Waals surface area contributed by atoms with Crippen molar-refractivity contribution in [3.63, 3.8) is 0 Å². The number of nitrogens with zero attached hydrogens (tertiary/aromatic N) is 7. The van der Waals surface area contributed by atoms with Crippen LogP contribution < -0.4 is 9.80 Å². The van der Waals surface area contributed by atoms with Crippen LogP contribution in [0.5, 0.6) is 0 Å². The first-order chi connectivity index (χ1) is 15.2. The summed E-state index contributed by atoms with van der Waals surface area (Å²) in [5.41, 5.74) is 0. The van der Waals surface area contributed by atoms with Crippen LogP contribution in [0.2, 0.25) is 5.28 Å². The van der Waals surface area contributed by atoms with Crippen molar-refractivity contribution in [3.8, 4) is 0 Å². The van der Waals surface area contributed by atoms with E-state index in [0.717, 1.165) is 64.5 Å². The molecular weight excluding hydrogens is 418 g/mol. The van der Waals surface area contributed by atoms with Crippen molar-refractivity contribution in [2.45, 2.75) is 61.9 Å². The Balaban J connectivity index is 1.10. The molecule has 6 aliphatic heterocycles. The Morgan fingerprint density at radius 3 is 1.29 bits per heavy atom. The summed E-state index contributed by atoms with van der Waals surface area (Å²) in [6.45, 7) is 7.40. The first-order valence-corrected chi connectivity index (χ1v) is 12.2. The number of aromatic nitrogens is 3. The van der Waals surface area contributed by atoms with Gasteiger partial charge in [-0.05, 0) is 37.3 Å².